The van der Waals surface area contributed by atoms with Gasteiger partial charge in [0.05, 0.1) is 0 Å². The first-order chi connectivity index (χ1) is 6.81. The van der Waals surface area contributed by atoms with Crippen LogP contribution in [0.3, 0.4) is 0 Å². The lowest BCUT2D eigenvalue weighted by molar-refractivity contribution is 0.422. The molecular formula is C10H21N3S. The monoisotopic (exact) mass is 215 g/mol. The van der Waals surface area contributed by atoms with Crippen molar-refractivity contribution in [2.45, 2.75) is 24.5 Å². The third-order valence-electron chi connectivity index (χ3n) is 2.74. The van der Waals surface area contributed by atoms with Crippen LogP contribution in [0.2, 0.25) is 0 Å². The molecule has 0 aromatic rings. The van der Waals surface area contributed by atoms with Gasteiger partial charge in [-0.25, -0.2) is 0 Å². The van der Waals surface area contributed by atoms with Crippen LogP contribution in [0, 0.1) is 0 Å². The fourth-order valence-corrected chi connectivity index (χ4v) is 2.67. The van der Waals surface area contributed by atoms with Gasteiger partial charge in [0.2, 0.25) is 0 Å². The molecule has 3 nitrogen and oxygen atoms in total. The molecule has 4 heteroatoms. The second-order valence-electron chi connectivity index (χ2n) is 3.57. The largest absolute Gasteiger partial charge is 0.359 e. The van der Waals surface area contributed by atoms with E-state index in [9.17, 15) is 0 Å². The summed E-state index contributed by atoms with van der Waals surface area (Å²) in [5, 5.41) is 3.99. The summed E-state index contributed by atoms with van der Waals surface area (Å²) < 4.78 is 0. The molecular weight excluding hydrogens is 194 g/mol. The zero-order valence-corrected chi connectivity index (χ0v) is 10.2. The van der Waals surface area contributed by atoms with Gasteiger partial charge >= 0.3 is 0 Å². The zero-order chi connectivity index (χ0) is 10.4. The molecule has 1 aliphatic rings. The normalized spacial score (nSPS) is 24.6. The number of hydrogen-bond acceptors (Lipinski definition) is 2. The molecule has 1 aliphatic heterocycles. The van der Waals surface area contributed by atoms with Crippen molar-refractivity contribution >= 4 is 17.7 Å². The van der Waals surface area contributed by atoms with E-state index in [-0.39, 0.29) is 0 Å². The van der Waals surface area contributed by atoms with Gasteiger partial charge in [0, 0.05) is 32.4 Å². The first-order valence-corrected chi connectivity index (χ1v) is 6.53. The predicted molar refractivity (Wildman–Crippen MR) is 65.1 cm³/mol. The fourth-order valence-electron chi connectivity index (χ4n) is 1.92. The van der Waals surface area contributed by atoms with Crippen LogP contribution in [0.25, 0.3) is 0 Å². The Balaban J connectivity index is 2.48. The van der Waals surface area contributed by atoms with E-state index in [1.54, 1.807) is 0 Å². The molecule has 1 saturated heterocycles. The molecule has 0 bridgehead atoms. The van der Waals surface area contributed by atoms with Crippen molar-refractivity contribution in [1.82, 2.24) is 10.2 Å². The summed E-state index contributed by atoms with van der Waals surface area (Å²) in [7, 11) is 3.79. The summed E-state index contributed by atoms with van der Waals surface area (Å²) in [6.45, 7) is 2.28. The van der Waals surface area contributed by atoms with E-state index in [4.69, 9.17) is 0 Å². The highest BCUT2D eigenvalue weighted by Gasteiger charge is 2.17. The minimum absolute atomic E-state index is 0.843. The maximum absolute atomic E-state index is 4.25. The standard InChI is InChI=1S/C10H21N3S/c1-11-10(12-2)13-7-4-5-9(14-3)6-8-13/h9H,4-8H2,1-3H3,(H,11,12). The number of nitrogens with one attached hydrogen (secondary N) is 1. The van der Waals surface area contributed by atoms with Gasteiger partial charge in [-0.1, -0.05) is 0 Å². The Hall–Kier alpha value is -0.380. The molecule has 82 valence electrons. The highest BCUT2D eigenvalue weighted by atomic mass is 32.2. The van der Waals surface area contributed by atoms with E-state index in [0.717, 1.165) is 24.3 Å². The maximum atomic E-state index is 4.25. The average molecular weight is 215 g/mol. The smallest absolute Gasteiger partial charge is 0.193 e. The fraction of sp³-hybridized carbons (Fsp3) is 0.900. The molecule has 1 heterocycles. The highest BCUT2D eigenvalue weighted by molar-refractivity contribution is 7.99. The van der Waals surface area contributed by atoms with Crippen LogP contribution in [0.5, 0.6) is 0 Å². The lowest BCUT2D eigenvalue weighted by Crippen LogP contribution is -2.40. The number of thioether (sulfide) groups is 1. The SMILES string of the molecule is CN=C(NC)N1CCCC(SC)CC1. The topological polar surface area (TPSA) is 27.6 Å². The average Bonchev–Trinajstić information content (AvgIpc) is 2.45. The van der Waals surface area contributed by atoms with E-state index in [0.29, 0.717) is 0 Å². The highest BCUT2D eigenvalue weighted by Crippen LogP contribution is 2.20. The van der Waals surface area contributed by atoms with Crippen LogP contribution in [0.15, 0.2) is 4.99 Å². The molecule has 0 saturated carbocycles. The van der Waals surface area contributed by atoms with E-state index < -0.39 is 0 Å². The van der Waals surface area contributed by atoms with Crippen molar-refractivity contribution < 1.29 is 0 Å². The van der Waals surface area contributed by atoms with Gasteiger partial charge < -0.3 is 10.2 Å². The van der Waals surface area contributed by atoms with Gasteiger partial charge in [-0.3, -0.25) is 4.99 Å². The van der Waals surface area contributed by atoms with E-state index in [2.05, 4.69) is 21.5 Å². The van der Waals surface area contributed by atoms with Gasteiger partial charge in [-0.05, 0) is 25.5 Å². The van der Waals surface area contributed by atoms with Crippen LogP contribution in [-0.4, -0.2) is 49.6 Å². The van der Waals surface area contributed by atoms with Crippen LogP contribution in [0.4, 0.5) is 0 Å². The summed E-state index contributed by atoms with van der Waals surface area (Å²) in [6.07, 6.45) is 6.12. The van der Waals surface area contributed by atoms with Crippen molar-refractivity contribution in [3.63, 3.8) is 0 Å². The number of guanidine groups is 1. The molecule has 1 fully saturated rings. The Morgan fingerprint density at radius 2 is 2.21 bits per heavy atom. The number of likely N-dealkylation sites (tertiary alicyclic amines) is 1. The zero-order valence-electron chi connectivity index (χ0n) is 9.42. The molecule has 0 amide bonds. The van der Waals surface area contributed by atoms with E-state index in [1.165, 1.54) is 19.3 Å². The second kappa shape index (κ2) is 6.17. The summed E-state index contributed by atoms with van der Waals surface area (Å²) in [6, 6.07) is 0. The Kier molecular flexibility index (Phi) is 5.15. The minimum atomic E-state index is 0.843. The molecule has 0 radical (unpaired) electrons. The summed E-state index contributed by atoms with van der Waals surface area (Å²) in [5.41, 5.74) is 0. The van der Waals surface area contributed by atoms with Crippen molar-refractivity contribution in [1.29, 1.82) is 0 Å². The summed E-state index contributed by atoms with van der Waals surface area (Å²) >= 11 is 2.00. The van der Waals surface area contributed by atoms with Crippen molar-refractivity contribution in [2.24, 2.45) is 4.99 Å². The third kappa shape index (κ3) is 3.08. The number of nitrogens with zero attached hydrogens (tertiary/aromatic N) is 2. The number of hydrogen-bond donors (Lipinski definition) is 1. The van der Waals surface area contributed by atoms with Crippen LogP contribution < -0.4 is 5.32 Å². The number of rotatable bonds is 1. The van der Waals surface area contributed by atoms with E-state index in [1.807, 2.05) is 25.9 Å². The Bertz CT molecular complexity index is 194. The van der Waals surface area contributed by atoms with E-state index >= 15 is 0 Å². The molecule has 0 aromatic heterocycles. The molecule has 1 N–H and O–H groups in total. The van der Waals surface area contributed by atoms with Crippen LogP contribution in [0.1, 0.15) is 19.3 Å². The Morgan fingerprint density at radius 3 is 2.79 bits per heavy atom. The second-order valence-corrected chi connectivity index (χ2v) is 4.71. The summed E-state index contributed by atoms with van der Waals surface area (Å²) in [5.74, 6) is 1.03. The van der Waals surface area contributed by atoms with Gasteiger partial charge in [-0.15, -0.1) is 0 Å². The maximum Gasteiger partial charge on any atom is 0.193 e. The molecule has 1 unspecified atom stereocenters. The Labute approximate surface area is 91.3 Å². The van der Waals surface area contributed by atoms with Gasteiger partial charge in [0.15, 0.2) is 5.96 Å². The number of aliphatic imine (C=N–C) groups is 1. The van der Waals surface area contributed by atoms with Gasteiger partial charge in [0.1, 0.15) is 0 Å². The first kappa shape index (κ1) is 11.7. The molecule has 14 heavy (non-hydrogen) atoms. The first-order valence-electron chi connectivity index (χ1n) is 5.24. The minimum Gasteiger partial charge on any atom is -0.359 e. The van der Waals surface area contributed by atoms with Gasteiger partial charge in [-0.2, -0.15) is 11.8 Å². The lowest BCUT2D eigenvalue weighted by atomic mass is 10.2. The molecule has 1 atom stereocenters. The Morgan fingerprint density at radius 1 is 1.43 bits per heavy atom. The van der Waals surface area contributed by atoms with Crippen molar-refractivity contribution in [3.8, 4) is 0 Å². The quantitative estimate of drug-likeness (QED) is 0.529. The van der Waals surface area contributed by atoms with Crippen LogP contribution in [-0.2, 0) is 0 Å². The molecule has 0 spiro atoms. The third-order valence-corrected chi connectivity index (χ3v) is 3.88. The van der Waals surface area contributed by atoms with Crippen LogP contribution >= 0.6 is 11.8 Å². The van der Waals surface area contributed by atoms with Crippen molar-refractivity contribution in [2.75, 3.05) is 33.4 Å². The van der Waals surface area contributed by atoms with Gasteiger partial charge in [0.25, 0.3) is 0 Å². The predicted octanol–water partition coefficient (Wildman–Crippen LogP) is 1.41. The lowest BCUT2D eigenvalue weighted by Gasteiger charge is -2.23. The van der Waals surface area contributed by atoms with Crippen molar-refractivity contribution in [3.05, 3.63) is 0 Å². The summed E-state index contributed by atoms with van der Waals surface area (Å²) in [4.78, 5) is 6.60. The molecule has 0 aliphatic carbocycles. The molecule has 1 rings (SSSR count). The molecule has 0 aromatic carbocycles.